The van der Waals surface area contributed by atoms with Gasteiger partial charge in [0.2, 0.25) is 5.91 Å². The second kappa shape index (κ2) is 9.06. The second-order valence-electron chi connectivity index (χ2n) is 4.86. The number of benzene rings is 1. The van der Waals surface area contributed by atoms with Crippen molar-refractivity contribution in [2.24, 2.45) is 0 Å². The average Bonchev–Trinajstić information content (AvgIpc) is 2.91. The zero-order valence-corrected chi connectivity index (χ0v) is 15.4. The maximum atomic E-state index is 12.2. The topological polar surface area (TPSA) is 79.2 Å². The van der Waals surface area contributed by atoms with E-state index in [9.17, 15) is 9.59 Å². The minimum Gasteiger partial charge on any atom is -0.462 e. The van der Waals surface area contributed by atoms with Crippen molar-refractivity contribution in [1.82, 2.24) is 0 Å². The number of ether oxygens (including phenoxy) is 1. The molecule has 1 heterocycles. The van der Waals surface area contributed by atoms with Gasteiger partial charge in [-0.1, -0.05) is 30.3 Å². The number of thioether (sulfide) groups is 1. The number of anilines is 1. The van der Waals surface area contributed by atoms with Gasteiger partial charge < -0.3 is 10.1 Å². The Morgan fingerprint density at radius 2 is 2.08 bits per heavy atom. The molecule has 5 nitrogen and oxygen atoms in total. The van der Waals surface area contributed by atoms with Gasteiger partial charge in [-0.25, -0.2) is 4.79 Å². The Kier molecular flexibility index (Phi) is 6.81. The predicted octanol–water partition coefficient (Wildman–Crippen LogP) is 4.46. The predicted molar refractivity (Wildman–Crippen MR) is 101 cm³/mol. The summed E-state index contributed by atoms with van der Waals surface area (Å²) in [6, 6.07) is 9.43. The fourth-order valence-electron chi connectivity index (χ4n) is 2.03. The van der Waals surface area contributed by atoms with Gasteiger partial charge in [0.15, 0.2) is 0 Å². The monoisotopic (exact) mass is 372 g/mol. The highest BCUT2D eigenvalue weighted by atomic mass is 32.2. The summed E-state index contributed by atoms with van der Waals surface area (Å²) in [6.45, 7) is 3.72. The van der Waals surface area contributed by atoms with E-state index in [0.29, 0.717) is 20.3 Å². The molecule has 0 fully saturated rings. The summed E-state index contributed by atoms with van der Waals surface area (Å²) >= 11 is 2.02. The van der Waals surface area contributed by atoms with Crippen molar-refractivity contribution < 1.29 is 14.3 Å². The molecule has 0 saturated heterocycles. The summed E-state index contributed by atoms with van der Waals surface area (Å²) in [5.74, 6) is -0.787. The lowest BCUT2D eigenvalue weighted by Gasteiger charge is -2.01. The largest absolute Gasteiger partial charge is 0.462 e. The lowest BCUT2D eigenvalue weighted by atomic mass is 10.2. The number of hydrogen-bond acceptors (Lipinski definition) is 6. The molecule has 2 aromatic rings. The standard InChI is InChI=1S/C18H16N2O3S2/c1-3-23-18(22)16-12(2)15(24-11-19)17(25-16)20-14(21)10-9-13-7-5-4-6-8-13/h4-10H,3H2,1-2H3,(H,20,21)/b10-9+. The molecule has 0 aliphatic carbocycles. The Morgan fingerprint density at radius 3 is 2.72 bits per heavy atom. The Labute approximate surface area is 154 Å². The number of thiocyanates is 1. The molecule has 0 radical (unpaired) electrons. The first kappa shape index (κ1) is 18.8. The molecule has 0 atom stereocenters. The Hall–Kier alpha value is -2.56. The number of amides is 1. The summed E-state index contributed by atoms with van der Waals surface area (Å²) in [5, 5.41) is 14.2. The summed E-state index contributed by atoms with van der Waals surface area (Å²) in [6.07, 6.45) is 3.11. The van der Waals surface area contributed by atoms with E-state index >= 15 is 0 Å². The first-order valence-electron chi connectivity index (χ1n) is 7.47. The Balaban J connectivity index is 2.21. The quantitative estimate of drug-likeness (QED) is 0.350. The highest BCUT2D eigenvalue weighted by Gasteiger charge is 2.22. The van der Waals surface area contributed by atoms with Gasteiger partial charge in [-0.05, 0) is 42.8 Å². The third-order valence-corrected chi connectivity index (χ3v) is 5.29. The van der Waals surface area contributed by atoms with Crippen LogP contribution in [0.2, 0.25) is 0 Å². The van der Waals surface area contributed by atoms with Gasteiger partial charge in [0, 0.05) is 6.08 Å². The molecule has 0 spiro atoms. The maximum absolute atomic E-state index is 12.2. The van der Waals surface area contributed by atoms with E-state index < -0.39 is 5.97 Å². The smallest absolute Gasteiger partial charge is 0.348 e. The van der Waals surface area contributed by atoms with Gasteiger partial charge in [-0.2, -0.15) is 5.26 Å². The molecule has 0 aliphatic heterocycles. The second-order valence-corrected chi connectivity index (χ2v) is 6.68. The number of rotatable bonds is 6. The SMILES string of the molecule is CCOC(=O)c1sc(NC(=O)/C=C/c2ccccc2)c(SC#N)c1C. The maximum Gasteiger partial charge on any atom is 0.348 e. The van der Waals surface area contributed by atoms with Crippen molar-refractivity contribution in [1.29, 1.82) is 5.26 Å². The number of hydrogen-bond donors (Lipinski definition) is 1. The van der Waals surface area contributed by atoms with Crippen LogP contribution in [0.3, 0.4) is 0 Å². The van der Waals surface area contributed by atoms with Gasteiger partial charge in [-0.3, -0.25) is 4.79 Å². The van der Waals surface area contributed by atoms with E-state index in [-0.39, 0.29) is 12.5 Å². The van der Waals surface area contributed by atoms with Crippen LogP contribution in [0.25, 0.3) is 6.08 Å². The number of nitrogens with one attached hydrogen (secondary N) is 1. The van der Waals surface area contributed by atoms with Crippen LogP contribution in [-0.2, 0) is 9.53 Å². The molecule has 128 valence electrons. The third-order valence-electron chi connectivity index (χ3n) is 3.16. The van der Waals surface area contributed by atoms with Crippen molar-refractivity contribution in [3.8, 4) is 5.40 Å². The molecule has 0 aliphatic rings. The molecule has 1 aromatic heterocycles. The lowest BCUT2D eigenvalue weighted by Crippen LogP contribution is -2.07. The van der Waals surface area contributed by atoms with Crippen molar-refractivity contribution in [3.63, 3.8) is 0 Å². The fraction of sp³-hybridized carbons (Fsp3) is 0.167. The molecule has 1 amide bonds. The minimum atomic E-state index is -0.454. The van der Waals surface area contributed by atoms with Crippen LogP contribution < -0.4 is 5.32 Å². The summed E-state index contributed by atoms with van der Waals surface area (Å²) in [5.41, 5.74) is 1.54. The number of thiophene rings is 1. The van der Waals surface area contributed by atoms with Crippen LogP contribution in [0.1, 0.15) is 27.7 Å². The Bertz CT molecular complexity index is 836. The zero-order valence-electron chi connectivity index (χ0n) is 13.7. The van der Waals surface area contributed by atoms with E-state index in [1.54, 1.807) is 19.9 Å². The molecular formula is C18H16N2O3S2. The van der Waals surface area contributed by atoms with Crippen LogP contribution in [0, 0.1) is 17.6 Å². The van der Waals surface area contributed by atoms with Crippen molar-refractivity contribution in [2.75, 3.05) is 11.9 Å². The minimum absolute atomic E-state index is 0.262. The van der Waals surface area contributed by atoms with Gasteiger partial charge in [0.1, 0.15) is 15.3 Å². The van der Waals surface area contributed by atoms with Crippen LogP contribution >= 0.6 is 23.1 Å². The van der Waals surface area contributed by atoms with Crippen LogP contribution in [0.5, 0.6) is 0 Å². The highest BCUT2D eigenvalue weighted by Crippen LogP contribution is 2.40. The van der Waals surface area contributed by atoms with Crippen LogP contribution in [-0.4, -0.2) is 18.5 Å². The molecular weight excluding hydrogens is 356 g/mol. The van der Waals surface area contributed by atoms with Crippen molar-refractivity contribution in [3.05, 3.63) is 52.4 Å². The van der Waals surface area contributed by atoms with Gasteiger partial charge in [0.05, 0.1) is 11.5 Å². The van der Waals surface area contributed by atoms with Crippen molar-refractivity contribution in [2.45, 2.75) is 18.7 Å². The molecule has 0 saturated carbocycles. The lowest BCUT2D eigenvalue weighted by molar-refractivity contribution is -0.111. The van der Waals surface area contributed by atoms with Crippen LogP contribution in [0.4, 0.5) is 5.00 Å². The summed E-state index contributed by atoms with van der Waals surface area (Å²) in [7, 11) is 0. The average molecular weight is 372 g/mol. The van der Waals surface area contributed by atoms with Crippen molar-refractivity contribution >= 4 is 46.1 Å². The number of carbonyl (C=O) groups excluding carboxylic acids is 2. The van der Waals surface area contributed by atoms with Gasteiger partial charge in [-0.15, -0.1) is 11.3 Å². The third kappa shape index (κ3) is 4.95. The van der Waals surface area contributed by atoms with E-state index in [2.05, 4.69) is 5.32 Å². The number of carbonyl (C=O) groups is 2. The molecule has 1 aromatic carbocycles. The first-order chi connectivity index (χ1) is 12.1. The normalized spacial score (nSPS) is 10.4. The van der Waals surface area contributed by atoms with Gasteiger partial charge >= 0.3 is 5.97 Å². The zero-order chi connectivity index (χ0) is 18.2. The molecule has 7 heteroatoms. The first-order valence-corrected chi connectivity index (χ1v) is 9.10. The molecule has 1 N–H and O–H groups in total. The van der Waals surface area contributed by atoms with E-state index in [0.717, 1.165) is 28.7 Å². The number of nitriles is 1. The molecule has 25 heavy (non-hydrogen) atoms. The molecule has 2 rings (SSSR count). The Morgan fingerprint density at radius 1 is 1.36 bits per heavy atom. The molecule has 0 unspecified atom stereocenters. The van der Waals surface area contributed by atoms with Crippen LogP contribution in [0.15, 0.2) is 41.3 Å². The molecule has 0 bridgehead atoms. The number of nitrogens with zero attached hydrogens (tertiary/aromatic N) is 1. The van der Waals surface area contributed by atoms with E-state index in [4.69, 9.17) is 10.00 Å². The van der Waals surface area contributed by atoms with E-state index in [1.165, 1.54) is 6.08 Å². The fourth-order valence-corrected chi connectivity index (χ4v) is 3.83. The van der Waals surface area contributed by atoms with E-state index in [1.807, 2.05) is 35.7 Å². The highest BCUT2D eigenvalue weighted by molar-refractivity contribution is 8.04. The van der Waals surface area contributed by atoms with Gasteiger partial charge in [0.25, 0.3) is 0 Å². The summed E-state index contributed by atoms with van der Waals surface area (Å²) < 4.78 is 5.02. The number of esters is 1. The summed E-state index contributed by atoms with van der Waals surface area (Å²) in [4.78, 5) is 25.1.